The van der Waals surface area contributed by atoms with Crippen LogP contribution in [0.1, 0.15) is 162 Å². The number of allylic oxidation sites excluding steroid dienone is 2. The number of unbranched alkanes of at least 4 members (excludes halogenated alkanes) is 19. The van der Waals surface area contributed by atoms with E-state index in [1.54, 1.807) is 0 Å². The Morgan fingerprint density at radius 1 is 0.702 bits per heavy atom. The van der Waals surface area contributed by atoms with Gasteiger partial charge in [-0.15, -0.1) is 0 Å². The standard InChI is InChI=1S/C38H75N2O6P/c1-6-8-10-12-14-16-18-20-21-23-25-27-29-31-37(41)36(35-46-47(43,44)45-34-33-40(3,4)5)39-38(42)32-30-28-26-24-22-19-17-15-13-11-9-7-2/h27-30,36-37,41H,6-26,31-35H2,1-5H3,(H-,39,42,43,44)/p+1/t36-,37+/m0/s1. The molecule has 0 heterocycles. The van der Waals surface area contributed by atoms with E-state index in [1.165, 1.54) is 109 Å². The van der Waals surface area contributed by atoms with Gasteiger partial charge in [-0.3, -0.25) is 13.8 Å². The minimum Gasteiger partial charge on any atom is -0.391 e. The molecule has 0 spiro atoms. The van der Waals surface area contributed by atoms with Crippen LogP contribution in [-0.4, -0.2) is 73.4 Å². The second-order valence-corrected chi connectivity index (χ2v) is 15.8. The maximum Gasteiger partial charge on any atom is 0.472 e. The van der Waals surface area contributed by atoms with Crippen LogP contribution >= 0.6 is 7.82 Å². The van der Waals surface area contributed by atoms with Crippen molar-refractivity contribution in [3.8, 4) is 0 Å². The molecule has 278 valence electrons. The molecule has 1 unspecified atom stereocenters. The van der Waals surface area contributed by atoms with Gasteiger partial charge in [0.15, 0.2) is 0 Å². The zero-order valence-corrected chi connectivity index (χ0v) is 32.2. The summed E-state index contributed by atoms with van der Waals surface area (Å²) >= 11 is 0. The van der Waals surface area contributed by atoms with E-state index in [9.17, 15) is 19.4 Å². The van der Waals surface area contributed by atoms with Crippen molar-refractivity contribution in [3.63, 3.8) is 0 Å². The van der Waals surface area contributed by atoms with E-state index in [4.69, 9.17) is 9.05 Å². The maximum absolute atomic E-state index is 12.7. The molecule has 0 saturated heterocycles. The van der Waals surface area contributed by atoms with Gasteiger partial charge in [0.1, 0.15) is 13.2 Å². The maximum atomic E-state index is 12.7. The number of hydrogen-bond acceptors (Lipinski definition) is 5. The molecular weight excluding hydrogens is 611 g/mol. The molecule has 0 aromatic heterocycles. The molecule has 0 aromatic rings. The van der Waals surface area contributed by atoms with Gasteiger partial charge in [0.2, 0.25) is 5.91 Å². The van der Waals surface area contributed by atoms with Crippen LogP contribution in [0.2, 0.25) is 0 Å². The average molecular weight is 688 g/mol. The highest BCUT2D eigenvalue weighted by Gasteiger charge is 2.28. The van der Waals surface area contributed by atoms with Gasteiger partial charge in [0.25, 0.3) is 0 Å². The lowest BCUT2D eigenvalue weighted by atomic mass is 10.0. The number of aliphatic hydroxyl groups is 1. The lowest BCUT2D eigenvalue weighted by Gasteiger charge is -2.26. The molecule has 0 aliphatic rings. The van der Waals surface area contributed by atoms with Crippen LogP contribution in [0.4, 0.5) is 0 Å². The van der Waals surface area contributed by atoms with Crippen LogP contribution in [0.15, 0.2) is 24.3 Å². The third kappa shape index (κ3) is 33.3. The van der Waals surface area contributed by atoms with Crippen molar-refractivity contribution in [1.82, 2.24) is 5.32 Å². The van der Waals surface area contributed by atoms with Gasteiger partial charge >= 0.3 is 7.82 Å². The van der Waals surface area contributed by atoms with Gasteiger partial charge in [-0.25, -0.2) is 4.57 Å². The zero-order valence-electron chi connectivity index (χ0n) is 31.3. The third-order valence-electron chi connectivity index (χ3n) is 8.46. The predicted octanol–water partition coefficient (Wildman–Crippen LogP) is 9.80. The van der Waals surface area contributed by atoms with Crippen molar-refractivity contribution in [1.29, 1.82) is 0 Å². The molecule has 0 saturated carbocycles. The molecule has 0 aliphatic heterocycles. The number of carbonyl (C=O) groups is 1. The molecule has 47 heavy (non-hydrogen) atoms. The summed E-state index contributed by atoms with van der Waals surface area (Å²) in [4.78, 5) is 22.9. The van der Waals surface area contributed by atoms with E-state index >= 15 is 0 Å². The summed E-state index contributed by atoms with van der Waals surface area (Å²) in [6.45, 7) is 4.77. The number of aliphatic hydroxyl groups excluding tert-OH is 1. The van der Waals surface area contributed by atoms with Crippen molar-refractivity contribution >= 4 is 13.7 Å². The number of hydrogen-bond donors (Lipinski definition) is 3. The summed E-state index contributed by atoms with van der Waals surface area (Å²) in [6, 6.07) is -0.835. The van der Waals surface area contributed by atoms with Crippen molar-refractivity contribution in [3.05, 3.63) is 24.3 Å². The summed E-state index contributed by atoms with van der Waals surface area (Å²) in [6.07, 6.45) is 33.9. The molecule has 9 heteroatoms. The molecule has 3 atom stereocenters. The summed E-state index contributed by atoms with van der Waals surface area (Å²) < 4.78 is 23.4. The average Bonchev–Trinajstić information content (AvgIpc) is 3.01. The summed E-state index contributed by atoms with van der Waals surface area (Å²) in [5.74, 6) is -0.256. The number of amides is 1. The Hall–Kier alpha value is -1.02. The van der Waals surface area contributed by atoms with E-state index in [1.807, 2.05) is 39.4 Å². The van der Waals surface area contributed by atoms with Crippen LogP contribution in [0.5, 0.6) is 0 Å². The zero-order chi connectivity index (χ0) is 35.1. The molecule has 3 N–H and O–H groups in total. The Kier molecular flexibility index (Phi) is 30.3. The first kappa shape index (κ1) is 46.0. The van der Waals surface area contributed by atoms with Crippen molar-refractivity contribution in [2.45, 2.75) is 174 Å². The molecule has 1 amide bonds. The first-order chi connectivity index (χ1) is 22.5. The van der Waals surface area contributed by atoms with Gasteiger partial charge in [0.05, 0.1) is 39.9 Å². The van der Waals surface area contributed by atoms with E-state index in [-0.39, 0.29) is 25.5 Å². The van der Waals surface area contributed by atoms with Crippen LogP contribution in [0.25, 0.3) is 0 Å². The Balaban J connectivity index is 4.60. The summed E-state index contributed by atoms with van der Waals surface area (Å²) in [7, 11) is 1.56. The van der Waals surface area contributed by atoms with Gasteiger partial charge in [-0.05, 0) is 32.1 Å². The molecule has 0 rings (SSSR count). The number of quaternary nitrogens is 1. The Bertz CT molecular complexity index is 829. The molecule has 0 aromatic carbocycles. The minimum absolute atomic E-state index is 0.0578. The predicted molar refractivity (Wildman–Crippen MR) is 198 cm³/mol. The first-order valence-electron chi connectivity index (χ1n) is 19.2. The van der Waals surface area contributed by atoms with E-state index in [0.29, 0.717) is 17.4 Å². The summed E-state index contributed by atoms with van der Waals surface area (Å²) in [5, 5.41) is 13.7. The van der Waals surface area contributed by atoms with Gasteiger partial charge in [0, 0.05) is 6.42 Å². The number of rotatable bonds is 34. The van der Waals surface area contributed by atoms with E-state index in [0.717, 1.165) is 25.7 Å². The number of carbonyl (C=O) groups excluding carboxylic acids is 1. The molecule has 8 nitrogen and oxygen atoms in total. The van der Waals surface area contributed by atoms with Gasteiger partial charge < -0.3 is 19.8 Å². The fourth-order valence-electron chi connectivity index (χ4n) is 5.30. The van der Waals surface area contributed by atoms with Crippen molar-refractivity contribution in [2.24, 2.45) is 0 Å². The fourth-order valence-corrected chi connectivity index (χ4v) is 6.04. The van der Waals surface area contributed by atoms with Crippen LogP contribution in [0.3, 0.4) is 0 Å². The van der Waals surface area contributed by atoms with E-state index in [2.05, 4.69) is 25.2 Å². The molecule has 0 aliphatic carbocycles. The van der Waals surface area contributed by atoms with E-state index < -0.39 is 20.0 Å². The Morgan fingerprint density at radius 2 is 1.15 bits per heavy atom. The highest BCUT2D eigenvalue weighted by Crippen LogP contribution is 2.43. The van der Waals surface area contributed by atoms with Gasteiger partial charge in [-0.2, -0.15) is 0 Å². The smallest absolute Gasteiger partial charge is 0.391 e. The first-order valence-corrected chi connectivity index (χ1v) is 20.7. The number of nitrogens with zero attached hydrogens (tertiary/aromatic N) is 1. The van der Waals surface area contributed by atoms with Gasteiger partial charge in [-0.1, -0.05) is 147 Å². The van der Waals surface area contributed by atoms with Crippen LogP contribution in [0, 0.1) is 0 Å². The topological polar surface area (TPSA) is 105 Å². The number of phosphoric ester groups is 1. The molecule has 0 radical (unpaired) electrons. The summed E-state index contributed by atoms with van der Waals surface area (Å²) in [5.41, 5.74) is 0. The SMILES string of the molecule is CCCCCCCCCCCC=CCC(=O)N[C@@H](COP(=O)(O)OCC[N+](C)(C)C)[C@H](O)CC=CCCCCCCCCCCCC. The monoisotopic (exact) mass is 688 g/mol. The Labute approximate surface area is 290 Å². The molecule has 0 bridgehead atoms. The minimum atomic E-state index is -4.33. The van der Waals surface area contributed by atoms with Crippen LogP contribution in [-0.2, 0) is 18.4 Å². The van der Waals surface area contributed by atoms with Crippen molar-refractivity contribution in [2.75, 3.05) is 40.9 Å². The number of phosphoric acid groups is 1. The highest BCUT2D eigenvalue weighted by atomic mass is 31.2. The second kappa shape index (κ2) is 31.0. The quantitative estimate of drug-likeness (QED) is 0.0269. The molecular formula is C38H76N2O6P+. The number of nitrogens with one attached hydrogen (secondary N) is 1. The Morgan fingerprint density at radius 3 is 1.62 bits per heavy atom. The van der Waals surface area contributed by atoms with Crippen molar-refractivity contribution < 1.29 is 32.9 Å². The number of likely N-dealkylation sites (N-methyl/N-ethyl adjacent to an activating group) is 1. The molecule has 0 fully saturated rings. The fraction of sp³-hybridized carbons (Fsp3) is 0.868. The van der Waals surface area contributed by atoms with Crippen LogP contribution < -0.4 is 5.32 Å². The third-order valence-corrected chi connectivity index (χ3v) is 9.44. The largest absolute Gasteiger partial charge is 0.472 e. The lowest BCUT2D eigenvalue weighted by molar-refractivity contribution is -0.870. The normalized spacial score (nSPS) is 15.0. The highest BCUT2D eigenvalue weighted by molar-refractivity contribution is 7.47. The lowest BCUT2D eigenvalue weighted by Crippen LogP contribution is -2.46. The second-order valence-electron chi connectivity index (χ2n) is 14.3.